The second-order valence-electron chi connectivity index (χ2n) is 4.56. The average Bonchev–Trinajstić information content (AvgIpc) is 2.31. The molecular formula is C11H14ClN3O. The molecule has 3 aliphatic rings. The first-order valence-electron chi connectivity index (χ1n) is 5.65. The van der Waals surface area contributed by atoms with Crippen molar-refractivity contribution in [3.63, 3.8) is 0 Å². The third kappa shape index (κ3) is 1.87. The van der Waals surface area contributed by atoms with Gasteiger partial charge in [0.05, 0.1) is 12.4 Å². The van der Waals surface area contributed by atoms with Gasteiger partial charge in [0.1, 0.15) is 5.60 Å². The van der Waals surface area contributed by atoms with E-state index in [1.807, 2.05) is 0 Å². The van der Waals surface area contributed by atoms with Crippen LogP contribution in [-0.2, 0) is 0 Å². The summed E-state index contributed by atoms with van der Waals surface area (Å²) in [7, 11) is 0. The van der Waals surface area contributed by atoms with E-state index in [9.17, 15) is 0 Å². The van der Waals surface area contributed by atoms with Gasteiger partial charge in [-0.05, 0) is 19.3 Å². The average molecular weight is 240 g/mol. The van der Waals surface area contributed by atoms with Crippen LogP contribution in [-0.4, -0.2) is 40.1 Å². The lowest BCUT2D eigenvalue weighted by Crippen LogP contribution is -2.55. The fourth-order valence-electron chi connectivity index (χ4n) is 2.55. The van der Waals surface area contributed by atoms with E-state index in [0.717, 1.165) is 38.9 Å². The second-order valence-corrected chi connectivity index (χ2v) is 4.94. The van der Waals surface area contributed by atoms with Crippen LogP contribution in [0.15, 0.2) is 12.4 Å². The number of ether oxygens (including phenoxy) is 1. The van der Waals surface area contributed by atoms with Gasteiger partial charge in [0.2, 0.25) is 5.88 Å². The van der Waals surface area contributed by atoms with Crippen LogP contribution >= 0.6 is 11.6 Å². The van der Waals surface area contributed by atoms with Gasteiger partial charge in [-0.1, -0.05) is 11.6 Å². The molecular weight excluding hydrogens is 226 g/mol. The maximum absolute atomic E-state index is 6.03. The molecule has 0 atom stereocenters. The van der Waals surface area contributed by atoms with E-state index in [1.165, 1.54) is 6.20 Å². The lowest BCUT2D eigenvalue weighted by Gasteiger charge is -2.47. The predicted octanol–water partition coefficient (Wildman–Crippen LogP) is 1.75. The molecule has 0 saturated carbocycles. The third-order valence-corrected chi connectivity index (χ3v) is 3.74. The Balaban J connectivity index is 1.78. The summed E-state index contributed by atoms with van der Waals surface area (Å²) in [5, 5.41) is 0.391. The highest BCUT2D eigenvalue weighted by Gasteiger charge is 2.41. The van der Waals surface area contributed by atoms with Gasteiger partial charge < -0.3 is 9.64 Å². The van der Waals surface area contributed by atoms with Crippen molar-refractivity contribution in [1.29, 1.82) is 0 Å². The molecule has 0 spiro atoms. The Bertz CT molecular complexity index is 377. The number of fused-ring (bicyclic) bond motifs is 3. The van der Waals surface area contributed by atoms with E-state index in [4.69, 9.17) is 16.3 Å². The van der Waals surface area contributed by atoms with Crippen molar-refractivity contribution >= 4 is 11.6 Å². The first kappa shape index (κ1) is 10.3. The molecule has 3 saturated heterocycles. The van der Waals surface area contributed by atoms with Crippen LogP contribution in [0.3, 0.4) is 0 Å². The van der Waals surface area contributed by atoms with Gasteiger partial charge in [0, 0.05) is 19.6 Å². The summed E-state index contributed by atoms with van der Waals surface area (Å²) in [4.78, 5) is 10.6. The lowest BCUT2D eigenvalue weighted by atomic mass is 9.83. The molecule has 0 radical (unpaired) electrons. The fraction of sp³-hybridized carbons (Fsp3) is 0.636. The fourth-order valence-corrected chi connectivity index (χ4v) is 2.69. The van der Waals surface area contributed by atoms with Gasteiger partial charge in [-0.3, -0.25) is 4.98 Å². The van der Waals surface area contributed by atoms with Crippen LogP contribution in [0.2, 0.25) is 5.15 Å². The zero-order valence-corrected chi connectivity index (χ0v) is 9.78. The number of piperidine rings is 3. The highest BCUT2D eigenvalue weighted by atomic mass is 35.5. The smallest absolute Gasteiger partial charge is 0.234 e. The van der Waals surface area contributed by atoms with Gasteiger partial charge >= 0.3 is 0 Å². The Labute approximate surface area is 99.6 Å². The van der Waals surface area contributed by atoms with E-state index in [0.29, 0.717) is 11.0 Å². The number of hydrogen-bond acceptors (Lipinski definition) is 4. The van der Waals surface area contributed by atoms with Gasteiger partial charge in [-0.15, -0.1) is 0 Å². The summed E-state index contributed by atoms with van der Waals surface area (Å²) < 4.78 is 6.03. The van der Waals surface area contributed by atoms with Crippen LogP contribution in [0.1, 0.15) is 19.3 Å². The summed E-state index contributed by atoms with van der Waals surface area (Å²) >= 11 is 5.80. The summed E-state index contributed by atoms with van der Waals surface area (Å²) in [5.41, 5.74) is -0.0197. The quantitative estimate of drug-likeness (QED) is 0.788. The molecule has 5 heteroatoms. The van der Waals surface area contributed by atoms with E-state index < -0.39 is 0 Å². The minimum atomic E-state index is -0.0197. The molecule has 1 aromatic rings. The number of halogens is 1. The maximum atomic E-state index is 6.03. The van der Waals surface area contributed by atoms with Crippen molar-refractivity contribution in [3.8, 4) is 5.88 Å². The van der Waals surface area contributed by atoms with Crippen molar-refractivity contribution in [2.75, 3.05) is 19.6 Å². The van der Waals surface area contributed by atoms with E-state index >= 15 is 0 Å². The minimum Gasteiger partial charge on any atom is -0.470 e. The van der Waals surface area contributed by atoms with Crippen LogP contribution in [0, 0.1) is 0 Å². The summed E-state index contributed by atoms with van der Waals surface area (Å²) in [6.07, 6.45) is 6.42. The van der Waals surface area contributed by atoms with Gasteiger partial charge in [-0.25, -0.2) is 0 Å². The van der Waals surface area contributed by atoms with Crippen LogP contribution < -0.4 is 4.74 Å². The largest absolute Gasteiger partial charge is 0.470 e. The van der Waals surface area contributed by atoms with Crippen molar-refractivity contribution in [2.24, 2.45) is 0 Å². The van der Waals surface area contributed by atoms with E-state index in [-0.39, 0.29) is 5.60 Å². The van der Waals surface area contributed by atoms with Crippen LogP contribution in [0.25, 0.3) is 0 Å². The highest BCUT2D eigenvalue weighted by molar-refractivity contribution is 6.29. The molecule has 3 aliphatic heterocycles. The minimum absolute atomic E-state index is 0.0197. The van der Waals surface area contributed by atoms with Crippen molar-refractivity contribution < 1.29 is 4.74 Å². The number of aromatic nitrogens is 2. The highest BCUT2D eigenvalue weighted by Crippen LogP contribution is 2.35. The molecule has 4 heterocycles. The molecule has 4 rings (SSSR count). The standard InChI is InChI=1S/C11H14ClN3O/c12-9-7-13-8-10(14-9)16-11-1-4-15(5-2-11)6-3-11/h7-8H,1-6H2. The Morgan fingerprint density at radius 2 is 1.88 bits per heavy atom. The number of hydrogen-bond donors (Lipinski definition) is 0. The first-order valence-corrected chi connectivity index (χ1v) is 6.03. The van der Waals surface area contributed by atoms with Gasteiger partial charge in [0.15, 0.2) is 5.15 Å². The number of rotatable bonds is 2. The Morgan fingerprint density at radius 3 is 2.50 bits per heavy atom. The van der Waals surface area contributed by atoms with E-state index in [1.54, 1.807) is 6.20 Å². The topological polar surface area (TPSA) is 38.2 Å². The first-order chi connectivity index (χ1) is 7.76. The van der Waals surface area contributed by atoms with Gasteiger partial charge in [0.25, 0.3) is 0 Å². The molecule has 0 aliphatic carbocycles. The molecule has 86 valence electrons. The molecule has 0 aromatic carbocycles. The third-order valence-electron chi connectivity index (χ3n) is 3.56. The normalized spacial score (nSPS) is 32.7. The molecule has 16 heavy (non-hydrogen) atoms. The molecule has 0 unspecified atom stereocenters. The summed E-state index contributed by atoms with van der Waals surface area (Å²) in [6, 6.07) is 0. The van der Waals surface area contributed by atoms with Crippen molar-refractivity contribution in [1.82, 2.24) is 14.9 Å². The Morgan fingerprint density at radius 1 is 1.19 bits per heavy atom. The molecule has 0 amide bonds. The molecule has 0 N–H and O–H groups in total. The second kappa shape index (κ2) is 3.86. The van der Waals surface area contributed by atoms with Crippen LogP contribution in [0.4, 0.5) is 0 Å². The molecule has 1 aromatic heterocycles. The molecule has 3 fully saturated rings. The van der Waals surface area contributed by atoms with Gasteiger partial charge in [-0.2, -0.15) is 4.98 Å². The Kier molecular flexibility index (Phi) is 2.48. The monoisotopic (exact) mass is 239 g/mol. The summed E-state index contributed by atoms with van der Waals surface area (Å²) in [6.45, 7) is 3.40. The maximum Gasteiger partial charge on any atom is 0.234 e. The summed E-state index contributed by atoms with van der Waals surface area (Å²) in [5.74, 6) is 0.558. The SMILES string of the molecule is Clc1cncc(OC23CCN(CC2)CC3)n1. The lowest BCUT2D eigenvalue weighted by molar-refractivity contribution is -0.0538. The molecule has 4 nitrogen and oxygen atoms in total. The zero-order valence-electron chi connectivity index (χ0n) is 9.03. The van der Waals surface area contributed by atoms with E-state index in [2.05, 4.69) is 14.9 Å². The molecule has 2 bridgehead atoms. The van der Waals surface area contributed by atoms with Crippen molar-refractivity contribution in [3.05, 3.63) is 17.5 Å². The van der Waals surface area contributed by atoms with Crippen LogP contribution in [0.5, 0.6) is 5.88 Å². The predicted molar refractivity (Wildman–Crippen MR) is 60.7 cm³/mol. The van der Waals surface area contributed by atoms with Crippen molar-refractivity contribution in [2.45, 2.75) is 24.9 Å². The Hall–Kier alpha value is -0.870. The zero-order chi connectivity index (χ0) is 11.0. The number of nitrogens with zero attached hydrogens (tertiary/aromatic N) is 3.